The van der Waals surface area contributed by atoms with Crippen LogP contribution in [-0.2, 0) is 15.3 Å². The lowest BCUT2D eigenvalue weighted by Gasteiger charge is -2.27. The second-order valence-corrected chi connectivity index (χ2v) is 3.80. The molecule has 0 aliphatic carbocycles. The molecule has 0 radical (unpaired) electrons. The van der Waals surface area contributed by atoms with Gasteiger partial charge in [-0.25, -0.2) is 0 Å². The summed E-state index contributed by atoms with van der Waals surface area (Å²) in [5.74, 6) is -0.0442. The van der Waals surface area contributed by atoms with Gasteiger partial charge in [-0.2, -0.15) is 0 Å². The van der Waals surface area contributed by atoms with E-state index in [1.54, 1.807) is 12.5 Å². The zero-order valence-electron chi connectivity index (χ0n) is 8.36. The van der Waals surface area contributed by atoms with E-state index in [-0.39, 0.29) is 0 Å². The molecule has 1 heterocycles. The Bertz CT molecular complexity index is 327. The molecular weight excluding hydrogens is 212 g/mol. The Balaban J connectivity index is 2.19. The standard InChI is InChI=1S/C12H13ClO2/c13-8-4-7-12(14-9-10-15-12)11-5-2-1-3-6-11/h1-3,5-6,9-10H,4,7-8H2. The Morgan fingerprint density at radius 1 is 1.07 bits per heavy atom. The van der Waals surface area contributed by atoms with Crippen LogP contribution in [0, 0.1) is 0 Å². The first-order chi connectivity index (χ1) is 7.37. The van der Waals surface area contributed by atoms with Crippen LogP contribution in [0.15, 0.2) is 42.9 Å². The molecule has 0 spiro atoms. The minimum Gasteiger partial charge on any atom is -0.453 e. The van der Waals surface area contributed by atoms with Gasteiger partial charge >= 0.3 is 0 Å². The van der Waals surface area contributed by atoms with Crippen LogP contribution in [0.2, 0.25) is 0 Å². The minimum absolute atomic E-state index is 0.612. The molecule has 0 atom stereocenters. The lowest BCUT2D eigenvalue weighted by atomic mass is 10.0. The molecule has 0 bridgehead atoms. The lowest BCUT2D eigenvalue weighted by Crippen LogP contribution is -2.27. The fourth-order valence-corrected chi connectivity index (χ4v) is 1.83. The summed E-state index contributed by atoms with van der Waals surface area (Å²) < 4.78 is 11.1. The van der Waals surface area contributed by atoms with E-state index >= 15 is 0 Å². The van der Waals surface area contributed by atoms with Crippen LogP contribution in [-0.4, -0.2) is 5.88 Å². The molecule has 1 aromatic rings. The third-order valence-corrected chi connectivity index (χ3v) is 2.69. The summed E-state index contributed by atoms with van der Waals surface area (Å²) in [6, 6.07) is 9.93. The lowest BCUT2D eigenvalue weighted by molar-refractivity contribution is -0.155. The van der Waals surface area contributed by atoms with Gasteiger partial charge < -0.3 is 9.47 Å². The molecule has 80 valence electrons. The van der Waals surface area contributed by atoms with Crippen molar-refractivity contribution in [1.82, 2.24) is 0 Å². The first-order valence-corrected chi connectivity index (χ1v) is 5.53. The molecule has 0 aromatic heterocycles. The summed E-state index contributed by atoms with van der Waals surface area (Å²) in [7, 11) is 0. The highest BCUT2D eigenvalue weighted by molar-refractivity contribution is 6.17. The van der Waals surface area contributed by atoms with Gasteiger partial charge in [-0.1, -0.05) is 30.3 Å². The molecule has 3 heteroatoms. The Labute approximate surface area is 94.5 Å². The summed E-state index contributed by atoms with van der Waals surface area (Å²) in [6.45, 7) is 0. The maximum Gasteiger partial charge on any atom is 0.276 e. The van der Waals surface area contributed by atoms with Gasteiger partial charge in [0.2, 0.25) is 0 Å². The Morgan fingerprint density at radius 2 is 1.73 bits per heavy atom. The molecule has 1 aliphatic heterocycles. The summed E-state index contributed by atoms with van der Waals surface area (Å²) in [5, 5.41) is 0. The molecule has 15 heavy (non-hydrogen) atoms. The van der Waals surface area contributed by atoms with Crippen LogP contribution >= 0.6 is 11.6 Å². The van der Waals surface area contributed by atoms with E-state index in [9.17, 15) is 0 Å². The monoisotopic (exact) mass is 224 g/mol. The van der Waals surface area contributed by atoms with E-state index in [4.69, 9.17) is 21.1 Å². The quantitative estimate of drug-likeness (QED) is 0.730. The Hall–Kier alpha value is -1.15. The van der Waals surface area contributed by atoms with Crippen molar-refractivity contribution in [2.45, 2.75) is 18.6 Å². The molecule has 2 rings (SSSR count). The van der Waals surface area contributed by atoms with Gasteiger partial charge in [0.1, 0.15) is 12.5 Å². The number of ether oxygens (including phenoxy) is 2. The zero-order valence-corrected chi connectivity index (χ0v) is 9.11. The molecule has 0 amide bonds. The van der Waals surface area contributed by atoms with Gasteiger partial charge in [0.15, 0.2) is 0 Å². The summed E-state index contributed by atoms with van der Waals surface area (Å²) in [6.07, 6.45) is 4.79. The summed E-state index contributed by atoms with van der Waals surface area (Å²) in [5.41, 5.74) is 1.03. The zero-order chi connectivity index (χ0) is 10.6. The molecule has 0 N–H and O–H groups in total. The first-order valence-electron chi connectivity index (χ1n) is 4.99. The van der Waals surface area contributed by atoms with Gasteiger partial charge in [-0.05, 0) is 6.42 Å². The first kappa shape index (κ1) is 10.4. The van der Waals surface area contributed by atoms with Crippen molar-refractivity contribution < 1.29 is 9.47 Å². The smallest absolute Gasteiger partial charge is 0.276 e. The van der Waals surface area contributed by atoms with Crippen LogP contribution in [0.3, 0.4) is 0 Å². The second-order valence-electron chi connectivity index (χ2n) is 3.42. The topological polar surface area (TPSA) is 18.5 Å². The summed E-state index contributed by atoms with van der Waals surface area (Å²) in [4.78, 5) is 0. The maximum atomic E-state index is 5.70. The fraction of sp³-hybridized carbons (Fsp3) is 0.333. The number of hydrogen-bond donors (Lipinski definition) is 0. The molecule has 1 aliphatic rings. The number of rotatable bonds is 4. The molecule has 2 nitrogen and oxygen atoms in total. The molecule has 0 unspecified atom stereocenters. The highest BCUT2D eigenvalue weighted by Gasteiger charge is 2.36. The number of hydrogen-bond acceptors (Lipinski definition) is 2. The van der Waals surface area contributed by atoms with Gasteiger partial charge in [0.25, 0.3) is 5.79 Å². The number of alkyl halides is 1. The van der Waals surface area contributed by atoms with Crippen molar-refractivity contribution in [3.63, 3.8) is 0 Å². The van der Waals surface area contributed by atoms with E-state index in [2.05, 4.69) is 0 Å². The fourth-order valence-electron chi connectivity index (χ4n) is 1.69. The highest BCUT2D eigenvalue weighted by Crippen LogP contribution is 2.36. The van der Waals surface area contributed by atoms with Gasteiger partial charge in [0.05, 0.1) is 0 Å². The molecule has 0 saturated carbocycles. The predicted molar refractivity (Wildman–Crippen MR) is 59.4 cm³/mol. The van der Waals surface area contributed by atoms with Crippen molar-refractivity contribution in [1.29, 1.82) is 0 Å². The average molecular weight is 225 g/mol. The SMILES string of the molecule is ClCCCC1(c2ccccc2)OC=CO1. The largest absolute Gasteiger partial charge is 0.453 e. The average Bonchev–Trinajstić information content (AvgIpc) is 2.78. The van der Waals surface area contributed by atoms with E-state index in [0.29, 0.717) is 5.88 Å². The van der Waals surface area contributed by atoms with Crippen LogP contribution in [0.1, 0.15) is 18.4 Å². The third-order valence-electron chi connectivity index (χ3n) is 2.43. The highest BCUT2D eigenvalue weighted by atomic mass is 35.5. The summed E-state index contributed by atoms with van der Waals surface area (Å²) >= 11 is 5.70. The van der Waals surface area contributed by atoms with Gasteiger partial charge in [-0.3, -0.25) is 0 Å². The Kier molecular flexibility index (Phi) is 3.17. The van der Waals surface area contributed by atoms with Crippen LogP contribution in [0.5, 0.6) is 0 Å². The molecular formula is C12H13ClO2. The van der Waals surface area contributed by atoms with Crippen LogP contribution in [0.4, 0.5) is 0 Å². The normalized spacial score (nSPS) is 17.1. The van der Waals surface area contributed by atoms with Gasteiger partial charge in [-0.15, -0.1) is 11.6 Å². The van der Waals surface area contributed by atoms with Crippen molar-refractivity contribution in [3.05, 3.63) is 48.4 Å². The van der Waals surface area contributed by atoms with Crippen molar-refractivity contribution in [3.8, 4) is 0 Å². The van der Waals surface area contributed by atoms with Crippen LogP contribution in [0.25, 0.3) is 0 Å². The Morgan fingerprint density at radius 3 is 2.33 bits per heavy atom. The molecule has 1 aromatic carbocycles. The second kappa shape index (κ2) is 4.58. The minimum atomic E-state index is -0.657. The third kappa shape index (κ3) is 2.10. The number of halogens is 1. The van der Waals surface area contributed by atoms with Crippen molar-refractivity contribution >= 4 is 11.6 Å². The van der Waals surface area contributed by atoms with E-state index < -0.39 is 5.79 Å². The van der Waals surface area contributed by atoms with Crippen molar-refractivity contribution in [2.24, 2.45) is 0 Å². The van der Waals surface area contributed by atoms with Crippen molar-refractivity contribution in [2.75, 3.05) is 5.88 Å². The number of benzene rings is 1. The van der Waals surface area contributed by atoms with E-state index in [1.807, 2.05) is 30.3 Å². The van der Waals surface area contributed by atoms with Gasteiger partial charge in [0, 0.05) is 17.9 Å². The van der Waals surface area contributed by atoms with E-state index in [1.165, 1.54) is 0 Å². The van der Waals surface area contributed by atoms with E-state index in [0.717, 1.165) is 18.4 Å². The molecule has 0 saturated heterocycles. The van der Waals surface area contributed by atoms with Crippen LogP contribution < -0.4 is 0 Å². The maximum absolute atomic E-state index is 5.70. The molecule has 0 fully saturated rings. The predicted octanol–water partition coefficient (Wildman–Crippen LogP) is 3.38.